The molecule has 0 saturated heterocycles. The van der Waals surface area contributed by atoms with Crippen LogP contribution < -0.4 is 15.0 Å². The zero-order valence-corrected chi connectivity index (χ0v) is 13.0. The fourth-order valence-electron chi connectivity index (χ4n) is 4.33. The summed E-state index contributed by atoms with van der Waals surface area (Å²) in [6.07, 6.45) is 2.88. The van der Waals surface area contributed by atoms with E-state index < -0.39 is 6.10 Å². The first-order chi connectivity index (χ1) is 9.88. The maximum absolute atomic E-state index is 12.5. The van der Waals surface area contributed by atoms with Crippen LogP contribution in [0, 0.1) is 5.41 Å². The molecule has 4 aliphatic rings. The number of likely N-dealkylation sites (N-methyl/N-ethyl adjacent to an activating group) is 1. The molecule has 1 aromatic carbocycles. The number of benzene rings is 1. The van der Waals surface area contributed by atoms with Gasteiger partial charge < -0.3 is 15.0 Å². The van der Waals surface area contributed by atoms with Crippen LogP contribution >= 0.6 is 11.6 Å². The molecular weight excluding hydrogens is 288 g/mol. The lowest BCUT2D eigenvalue weighted by Crippen LogP contribution is -2.74. The lowest BCUT2D eigenvalue weighted by Gasteiger charge is -2.69. The molecule has 2 bridgehead atoms. The van der Waals surface area contributed by atoms with E-state index in [0.717, 1.165) is 30.7 Å². The highest BCUT2D eigenvalue weighted by Gasteiger charge is 2.65. The summed E-state index contributed by atoms with van der Waals surface area (Å²) in [5.74, 6) is 0.724. The summed E-state index contributed by atoms with van der Waals surface area (Å²) in [6.45, 7) is 2.83. The number of anilines is 1. The van der Waals surface area contributed by atoms with Crippen LogP contribution in [0.1, 0.15) is 26.2 Å². The Morgan fingerprint density at radius 3 is 2.81 bits per heavy atom. The third-order valence-electron chi connectivity index (χ3n) is 5.02. The van der Waals surface area contributed by atoms with Gasteiger partial charge in [-0.15, -0.1) is 0 Å². The number of fused-ring (bicyclic) bond motifs is 1. The van der Waals surface area contributed by atoms with Crippen molar-refractivity contribution < 1.29 is 9.53 Å². The number of hydrogen-bond donors (Lipinski definition) is 1. The number of carbonyl (C=O) groups is 1. The van der Waals surface area contributed by atoms with Crippen molar-refractivity contribution in [3.8, 4) is 5.75 Å². The van der Waals surface area contributed by atoms with E-state index >= 15 is 0 Å². The van der Waals surface area contributed by atoms with Crippen LogP contribution in [0.15, 0.2) is 18.2 Å². The number of hydrogen-bond acceptors (Lipinski definition) is 3. The van der Waals surface area contributed by atoms with Crippen molar-refractivity contribution in [2.75, 3.05) is 18.5 Å². The number of nitrogens with zero attached hydrogens (tertiary/aromatic N) is 1. The molecule has 1 N–H and O–H groups in total. The van der Waals surface area contributed by atoms with Crippen molar-refractivity contribution in [3.05, 3.63) is 23.2 Å². The van der Waals surface area contributed by atoms with Crippen molar-refractivity contribution in [2.24, 2.45) is 5.41 Å². The van der Waals surface area contributed by atoms with Gasteiger partial charge in [0, 0.05) is 17.6 Å². The molecule has 1 atom stereocenters. The Kier molecular flexibility index (Phi) is 2.57. The van der Waals surface area contributed by atoms with Crippen LogP contribution in [0.2, 0.25) is 5.02 Å². The van der Waals surface area contributed by atoms with Gasteiger partial charge >= 0.3 is 0 Å². The highest BCUT2D eigenvalue weighted by atomic mass is 35.5. The Labute approximate surface area is 129 Å². The van der Waals surface area contributed by atoms with Crippen LogP contribution in [0.3, 0.4) is 0 Å². The van der Waals surface area contributed by atoms with E-state index in [1.807, 2.05) is 24.1 Å². The zero-order chi connectivity index (χ0) is 14.8. The number of rotatable bonds is 2. The maximum atomic E-state index is 12.5. The number of amides is 1. The van der Waals surface area contributed by atoms with Gasteiger partial charge in [-0.25, -0.2) is 0 Å². The SMILES string of the molecule is CN1CC(C(=O)NC23CC(C)(C2)C3)Oc2ccc(Cl)cc21. The van der Waals surface area contributed by atoms with Crippen molar-refractivity contribution in [1.82, 2.24) is 5.32 Å². The van der Waals surface area contributed by atoms with Gasteiger partial charge in [-0.1, -0.05) is 18.5 Å². The minimum Gasteiger partial charge on any atom is -0.477 e. The zero-order valence-electron chi connectivity index (χ0n) is 12.3. The number of ether oxygens (including phenoxy) is 1. The highest BCUT2D eigenvalue weighted by Crippen LogP contribution is 2.66. The number of carbonyl (C=O) groups excluding carboxylic acids is 1. The second kappa shape index (κ2) is 4.07. The molecule has 5 heteroatoms. The van der Waals surface area contributed by atoms with E-state index in [-0.39, 0.29) is 11.4 Å². The van der Waals surface area contributed by atoms with E-state index in [4.69, 9.17) is 16.3 Å². The summed E-state index contributed by atoms with van der Waals surface area (Å²) in [6, 6.07) is 5.49. The highest BCUT2D eigenvalue weighted by molar-refractivity contribution is 6.31. The van der Waals surface area contributed by atoms with Gasteiger partial charge in [0.05, 0.1) is 12.2 Å². The molecule has 0 aromatic heterocycles. The minimum atomic E-state index is -0.453. The molecule has 3 aliphatic carbocycles. The summed E-state index contributed by atoms with van der Waals surface area (Å²) in [5.41, 5.74) is 1.49. The van der Waals surface area contributed by atoms with Crippen molar-refractivity contribution in [1.29, 1.82) is 0 Å². The third-order valence-corrected chi connectivity index (χ3v) is 5.25. The monoisotopic (exact) mass is 306 g/mol. The molecule has 1 aliphatic heterocycles. The summed E-state index contributed by atoms with van der Waals surface area (Å²) < 4.78 is 5.86. The van der Waals surface area contributed by atoms with Gasteiger partial charge in [-0.05, 0) is 42.9 Å². The van der Waals surface area contributed by atoms with Crippen molar-refractivity contribution >= 4 is 23.2 Å². The van der Waals surface area contributed by atoms with Gasteiger partial charge in [0.1, 0.15) is 5.75 Å². The predicted octanol–water partition coefficient (Wildman–Crippen LogP) is 2.60. The molecule has 112 valence electrons. The average Bonchev–Trinajstić information content (AvgIpc) is 2.36. The van der Waals surface area contributed by atoms with Crippen LogP contribution in [0.5, 0.6) is 5.75 Å². The Morgan fingerprint density at radius 1 is 1.43 bits per heavy atom. The number of nitrogens with one attached hydrogen (secondary N) is 1. The summed E-state index contributed by atoms with van der Waals surface area (Å²) in [4.78, 5) is 14.5. The van der Waals surface area contributed by atoms with E-state index in [9.17, 15) is 4.79 Å². The minimum absolute atomic E-state index is 0.00389. The van der Waals surface area contributed by atoms with Gasteiger partial charge in [-0.3, -0.25) is 4.79 Å². The summed E-state index contributed by atoms with van der Waals surface area (Å²) in [5, 5.41) is 3.87. The van der Waals surface area contributed by atoms with Crippen LogP contribution in [-0.2, 0) is 4.79 Å². The van der Waals surface area contributed by atoms with E-state index in [1.165, 1.54) is 0 Å². The Bertz CT molecular complexity index is 611. The lowest BCUT2D eigenvalue weighted by molar-refractivity contribution is -0.161. The van der Waals surface area contributed by atoms with Crippen LogP contribution in [0.25, 0.3) is 0 Å². The van der Waals surface area contributed by atoms with Crippen molar-refractivity contribution in [3.63, 3.8) is 0 Å². The van der Waals surface area contributed by atoms with E-state index in [2.05, 4.69) is 12.2 Å². The quantitative estimate of drug-likeness (QED) is 0.913. The molecule has 1 aromatic rings. The summed E-state index contributed by atoms with van der Waals surface area (Å²) in [7, 11) is 1.96. The fraction of sp³-hybridized carbons (Fsp3) is 0.562. The Balaban J connectivity index is 1.47. The molecule has 5 rings (SSSR count). The average molecular weight is 307 g/mol. The normalized spacial score (nSPS) is 36.0. The van der Waals surface area contributed by atoms with Gasteiger partial charge in [-0.2, -0.15) is 0 Å². The van der Waals surface area contributed by atoms with Crippen LogP contribution in [-0.4, -0.2) is 31.1 Å². The lowest BCUT2D eigenvalue weighted by atomic mass is 9.40. The topological polar surface area (TPSA) is 41.6 Å². The molecule has 1 heterocycles. The second-order valence-corrected chi connectivity index (χ2v) is 7.65. The third kappa shape index (κ3) is 2.00. The van der Waals surface area contributed by atoms with Gasteiger partial charge in [0.2, 0.25) is 0 Å². The summed E-state index contributed by atoms with van der Waals surface area (Å²) >= 11 is 6.01. The Morgan fingerprint density at radius 2 is 2.14 bits per heavy atom. The van der Waals surface area contributed by atoms with Crippen LogP contribution in [0.4, 0.5) is 5.69 Å². The maximum Gasteiger partial charge on any atom is 0.263 e. The molecule has 3 fully saturated rings. The second-order valence-electron chi connectivity index (χ2n) is 7.21. The fourth-order valence-corrected chi connectivity index (χ4v) is 4.50. The van der Waals surface area contributed by atoms with E-state index in [0.29, 0.717) is 17.0 Å². The molecule has 21 heavy (non-hydrogen) atoms. The first kappa shape index (κ1) is 13.3. The molecular formula is C16H19ClN2O2. The first-order valence-corrected chi connectivity index (χ1v) is 7.75. The molecule has 0 spiro atoms. The molecule has 0 radical (unpaired) electrons. The van der Waals surface area contributed by atoms with E-state index in [1.54, 1.807) is 6.07 Å². The van der Waals surface area contributed by atoms with Gasteiger partial charge in [0.15, 0.2) is 6.10 Å². The standard InChI is InChI=1S/C16H19ClN2O2/c1-15-7-16(8-15,9-15)18-14(20)13-6-19(2)11-5-10(17)3-4-12(11)21-13/h3-5,13H,6-9H2,1-2H3,(H,18,20). The van der Waals surface area contributed by atoms with Gasteiger partial charge in [0.25, 0.3) is 5.91 Å². The molecule has 3 saturated carbocycles. The molecule has 1 unspecified atom stereocenters. The molecule has 4 nitrogen and oxygen atoms in total. The first-order valence-electron chi connectivity index (χ1n) is 7.38. The largest absolute Gasteiger partial charge is 0.477 e. The smallest absolute Gasteiger partial charge is 0.263 e. The number of halogens is 1. The van der Waals surface area contributed by atoms with Crippen molar-refractivity contribution in [2.45, 2.75) is 37.8 Å². The predicted molar refractivity (Wildman–Crippen MR) is 82.0 cm³/mol. The molecule has 1 amide bonds. The Hall–Kier alpha value is -1.42.